The summed E-state index contributed by atoms with van der Waals surface area (Å²) >= 11 is 1.48. The van der Waals surface area contributed by atoms with Crippen LogP contribution in [0.15, 0.2) is 42.0 Å². The highest BCUT2D eigenvalue weighted by molar-refractivity contribution is 7.12. The molecule has 1 N–H and O–H groups in total. The number of thiophene rings is 1. The van der Waals surface area contributed by atoms with E-state index in [1.807, 2.05) is 34.5 Å². The summed E-state index contributed by atoms with van der Waals surface area (Å²) in [6.45, 7) is 1.38. The van der Waals surface area contributed by atoms with Crippen LogP contribution in [0.5, 0.6) is 0 Å². The van der Waals surface area contributed by atoms with Crippen LogP contribution in [0.25, 0.3) is 0 Å². The Balaban J connectivity index is 1.44. The summed E-state index contributed by atoms with van der Waals surface area (Å²) in [5, 5.41) is 5.13. The molecule has 0 unspecified atom stereocenters. The van der Waals surface area contributed by atoms with E-state index in [1.165, 1.54) is 11.3 Å². The number of nitrogens with zero attached hydrogens (tertiary/aromatic N) is 2. The molecule has 2 saturated heterocycles. The number of carbonyl (C=O) groups is 2. The molecule has 6 heteroatoms. The summed E-state index contributed by atoms with van der Waals surface area (Å²) in [4.78, 5) is 31.7. The fourth-order valence-electron chi connectivity index (χ4n) is 3.76. The van der Waals surface area contributed by atoms with Gasteiger partial charge in [-0.3, -0.25) is 14.6 Å². The van der Waals surface area contributed by atoms with E-state index in [9.17, 15) is 9.59 Å². The van der Waals surface area contributed by atoms with Crippen LogP contribution in [0.3, 0.4) is 0 Å². The first-order chi connectivity index (χ1) is 11.7. The highest BCUT2D eigenvalue weighted by atomic mass is 32.1. The zero-order chi connectivity index (χ0) is 16.6. The summed E-state index contributed by atoms with van der Waals surface area (Å²) in [7, 11) is 0. The van der Waals surface area contributed by atoms with E-state index in [2.05, 4.69) is 10.3 Å². The summed E-state index contributed by atoms with van der Waals surface area (Å²) < 4.78 is 0. The van der Waals surface area contributed by atoms with Crippen molar-refractivity contribution in [3.05, 3.63) is 52.5 Å². The maximum absolute atomic E-state index is 12.5. The minimum absolute atomic E-state index is 0.0843. The predicted molar refractivity (Wildman–Crippen MR) is 91.9 cm³/mol. The van der Waals surface area contributed by atoms with Crippen molar-refractivity contribution in [1.82, 2.24) is 15.2 Å². The topological polar surface area (TPSA) is 62.3 Å². The van der Waals surface area contributed by atoms with Crippen LogP contribution in [-0.2, 0) is 4.79 Å². The van der Waals surface area contributed by atoms with E-state index in [4.69, 9.17) is 0 Å². The van der Waals surface area contributed by atoms with Crippen LogP contribution in [0.4, 0.5) is 0 Å². The van der Waals surface area contributed by atoms with Crippen molar-refractivity contribution < 1.29 is 9.59 Å². The number of hydrogen-bond donors (Lipinski definition) is 1. The number of carbonyl (C=O) groups excluding carboxylic acids is 2. The maximum atomic E-state index is 12.5. The summed E-state index contributed by atoms with van der Waals surface area (Å²) in [6.07, 6.45) is 5.91. The van der Waals surface area contributed by atoms with Gasteiger partial charge >= 0.3 is 0 Å². The van der Waals surface area contributed by atoms with Crippen molar-refractivity contribution in [2.75, 3.05) is 13.1 Å². The molecule has 4 rings (SSSR count). The first kappa shape index (κ1) is 15.3. The van der Waals surface area contributed by atoms with E-state index in [0.717, 1.165) is 29.7 Å². The van der Waals surface area contributed by atoms with Gasteiger partial charge in [0.15, 0.2) is 0 Å². The number of rotatable bonds is 2. The number of hydrogen-bond acceptors (Lipinski definition) is 4. The molecule has 24 heavy (non-hydrogen) atoms. The average molecular weight is 341 g/mol. The number of aromatic nitrogens is 1. The number of amides is 2. The average Bonchev–Trinajstić information content (AvgIpc) is 3.25. The van der Waals surface area contributed by atoms with E-state index in [0.29, 0.717) is 13.1 Å². The Morgan fingerprint density at radius 2 is 2.12 bits per heavy atom. The van der Waals surface area contributed by atoms with Crippen LogP contribution >= 0.6 is 11.3 Å². The Kier molecular flexibility index (Phi) is 3.84. The molecular weight excluding hydrogens is 322 g/mol. The summed E-state index contributed by atoms with van der Waals surface area (Å²) in [5.74, 6) is 0.0623. The molecule has 0 saturated carbocycles. The van der Waals surface area contributed by atoms with Crippen molar-refractivity contribution in [2.24, 2.45) is 0 Å². The molecule has 2 amide bonds. The first-order valence-corrected chi connectivity index (χ1v) is 9.10. The number of pyridine rings is 1. The fourth-order valence-corrected chi connectivity index (χ4v) is 4.45. The zero-order valence-corrected chi connectivity index (χ0v) is 14.1. The number of nitrogens with one attached hydrogen (secondary N) is 1. The van der Waals surface area contributed by atoms with Gasteiger partial charge in [-0.15, -0.1) is 11.3 Å². The lowest BCUT2D eigenvalue weighted by molar-refractivity contribution is -0.121. The number of likely N-dealkylation sites (tertiary alicyclic amines) is 1. The molecule has 124 valence electrons. The monoisotopic (exact) mass is 341 g/mol. The fraction of sp³-hybridized carbons (Fsp3) is 0.389. The third-order valence-corrected chi connectivity index (χ3v) is 5.98. The highest BCUT2D eigenvalue weighted by Crippen LogP contribution is 2.39. The second kappa shape index (κ2) is 6.02. The molecule has 1 atom stereocenters. The molecular formula is C18H19N3O2S. The third-order valence-electron chi connectivity index (χ3n) is 5.13. The Bertz CT molecular complexity index is 737. The highest BCUT2D eigenvalue weighted by Gasteiger charge is 2.46. The lowest BCUT2D eigenvalue weighted by Crippen LogP contribution is -2.52. The van der Waals surface area contributed by atoms with Gasteiger partial charge in [-0.25, -0.2) is 0 Å². The van der Waals surface area contributed by atoms with Crippen molar-refractivity contribution in [3.63, 3.8) is 0 Å². The minimum atomic E-state index is -0.177. The standard InChI is InChI=1S/C18H19N3O2S/c22-16-14(13-3-1-7-19-12-13)11-18(20-16)5-8-21(9-6-18)17(23)15-4-2-10-24-15/h1-4,7,10,12,14H,5-6,8-9,11H2,(H,20,22)/t14-/m0/s1. The van der Waals surface area contributed by atoms with Gasteiger partial charge in [-0.05, 0) is 42.3 Å². The van der Waals surface area contributed by atoms with Crippen LogP contribution < -0.4 is 5.32 Å². The number of piperidine rings is 1. The molecule has 0 radical (unpaired) electrons. The Morgan fingerprint density at radius 3 is 2.79 bits per heavy atom. The maximum Gasteiger partial charge on any atom is 0.263 e. The van der Waals surface area contributed by atoms with E-state index >= 15 is 0 Å². The van der Waals surface area contributed by atoms with Crippen molar-refractivity contribution >= 4 is 23.2 Å². The van der Waals surface area contributed by atoms with Gasteiger partial charge in [0.05, 0.1) is 10.8 Å². The van der Waals surface area contributed by atoms with Gasteiger partial charge in [0.1, 0.15) is 0 Å². The molecule has 1 spiro atoms. The van der Waals surface area contributed by atoms with Gasteiger partial charge in [-0.2, -0.15) is 0 Å². The Hall–Kier alpha value is -2.21. The van der Waals surface area contributed by atoms with Crippen molar-refractivity contribution in [3.8, 4) is 0 Å². The van der Waals surface area contributed by atoms with Gasteiger partial charge in [0.25, 0.3) is 5.91 Å². The van der Waals surface area contributed by atoms with Crippen molar-refractivity contribution in [2.45, 2.75) is 30.7 Å². The normalized spacial score (nSPS) is 22.6. The quantitative estimate of drug-likeness (QED) is 0.912. The molecule has 0 bridgehead atoms. The molecule has 0 aliphatic carbocycles. The van der Waals surface area contributed by atoms with E-state index < -0.39 is 0 Å². The van der Waals surface area contributed by atoms with Crippen LogP contribution in [0, 0.1) is 0 Å². The second-order valence-electron chi connectivity index (χ2n) is 6.58. The smallest absolute Gasteiger partial charge is 0.263 e. The largest absolute Gasteiger partial charge is 0.350 e. The summed E-state index contributed by atoms with van der Waals surface area (Å²) in [5.41, 5.74) is 0.799. The Morgan fingerprint density at radius 1 is 1.29 bits per heavy atom. The molecule has 2 fully saturated rings. The zero-order valence-electron chi connectivity index (χ0n) is 13.3. The van der Waals surface area contributed by atoms with Crippen LogP contribution in [0.2, 0.25) is 0 Å². The molecule has 2 aromatic rings. The SMILES string of the molecule is O=C1NC2(CCN(C(=O)c3cccs3)CC2)C[C@H]1c1cccnc1. The van der Waals surface area contributed by atoms with Gasteiger partial charge in [-0.1, -0.05) is 12.1 Å². The van der Waals surface area contributed by atoms with Crippen LogP contribution in [-0.4, -0.2) is 40.3 Å². The molecule has 2 aromatic heterocycles. The van der Waals surface area contributed by atoms with E-state index in [1.54, 1.807) is 12.4 Å². The first-order valence-electron chi connectivity index (χ1n) is 8.22. The van der Waals surface area contributed by atoms with Gasteiger partial charge in [0, 0.05) is 31.0 Å². The molecule has 4 heterocycles. The van der Waals surface area contributed by atoms with Gasteiger partial charge in [0.2, 0.25) is 5.91 Å². The lowest BCUT2D eigenvalue weighted by atomic mass is 9.82. The lowest BCUT2D eigenvalue weighted by Gasteiger charge is -2.39. The molecule has 2 aliphatic heterocycles. The molecule has 0 aromatic carbocycles. The predicted octanol–water partition coefficient (Wildman–Crippen LogP) is 2.42. The van der Waals surface area contributed by atoms with Crippen molar-refractivity contribution in [1.29, 1.82) is 0 Å². The van der Waals surface area contributed by atoms with E-state index in [-0.39, 0.29) is 23.3 Å². The molecule has 5 nitrogen and oxygen atoms in total. The second-order valence-corrected chi connectivity index (χ2v) is 7.53. The Labute approximate surface area is 144 Å². The third kappa shape index (κ3) is 2.71. The minimum Gasteiger partial charge on any atom is -0.350 e. The van der Waals surface area contributed by atoms with Gasteiger partial charge < -0.3 is 10.2 Å². The summed E-state index contributed by atoms with van der Waals surface area (Å²) in [6, 6.07) is 7.60. The van der Waals surface area contributed by atoms with Crippen LogP contribution in [0.1, 0.15) is 40.4 Å². The molecule has 2 aliphatic rings.